The molecule has 1 aromatic heterocycles. The van der Waals surface area contributed by atoms with Gasteiger partial charge in [0.15, 0.2) is 5.17 Å². The first-order valence-electron chi connectivity index (χ1n) is 10.7. The highest BCUT2D eigenvalue weighted by Crippen LogP contribution is 2.49. The molecule has 9 heteroatoms. The number of anilines is 1. The van der Waals surface area contributed by atoms with E-state index in [2.05, 4.69) is 16.8 Å². The molecule has 2 saturated heterocycles. The molecular formula is C22H25N5O3S. The molecule has 8 nitrogen and oxygen atoms in total. The molecule has 0 N–H and O–H groups in total. The minimum absolute atomic E-state index is 0.0951. The van der Waals surface area contributed by atoms with Crippen molar-refractivity contribution in [3.63, 3.8) is 0 Å². The molecule has 5 rings (SSSR count). The molecule has 3 aliphatic heterocycles. The van der Waals surface area contributed by atoms with Crippen molar-refractivity contribution in [2.24, 2.45) is 4.99 Å². The van der Waals surface area contributed by atoms with Gasteiger partial charge in [-0.1, -0.05) is 30.8 Å². The second-order valence-corrected chi connectivity index (χ2v) is 8.93. The summed E-state index contributed by atoms with van der Waals surface area (Å²) in [5.41, 5.74) is 2.62. The van der Waals surface area contributed by atoms with Gasteiger partial charge in [-0.2, -0.15) is 0 Å². The van der Waals surface area contributed by atoms with Gasteiger partial charge in [-0.05, 0) is 30.2 Å². The van der Waals surface area contributed by atoms with Gasteiger partial charge in [0, 0.05) is 37.1 Å². The maximum Gasteiger partial charge on any atom is 0.292 e. The molecule has 162 valence electrons. The van der Waals surface area contributed by atoms with Crippen LogP contribution in [-0.2, 0) is 4.74 Å². The van der Waals surface area contributed by atoms with Crippen LogP contribution in [0.3, 0.4) is 0 Å². The van der Waals surface area contributed by atoms with Crippen LogP contribution in [0.25, 0.3) is 0 Å². The first kappa shape index (κ1) is 20.3. The monoisotopic (exact) mass is 439 g/mol. The van der Waals surface area contributed by atoms with E-state index in [-0.39, 0.29) is 22.7 Å². The van der Waals surface area contributed by atoms with Gasteiger partial charge in [0.2, 0.25) is 0 Å². The van der Waals surface area contributed by atoms with Gasteiger partial charge < -0.3 is 14.5 Å². The van der Waals surface area contributed by atoms with Crippen molar-refractivity contribution in [2.75, 3.05) is 37.0 Å². The Kier molecular flexibility index (Phi) is 5.54. The second-order valence-electron chi connectivity index (χ2n) is 7.94. The summed E-state index contributed by atoms with van der Waals surface area (Å²) >= 11 is 1.77. The number of nitro benzene ring substituents is 1. The molecule has 0 unspecified atom stereocenters. The Hall–Kier alpha value is -2.65. The molecule has 0 saturated carbocycles. The number of amidine groups is 1. The summed E-state index contributed by atoms with van der Waals surface area (Å²) in [6.07, 6.45) is 2.79. The summed E-state index contributed by atoms with van der Waals surface area (Å²) < 4.78 is 5.42. The Balaban J connectivity index is 1.57. The van der Waals surface area contributed by atoms with E-state index in [1.165, 1.54) is 0 Å². The van der Waals surface area contributed by atoms with Crippen LogP contribution in [0.5, 0.6) is 0 Å². The van der Waals surface area contributed by atoms with Crippen LogP contribution in [-0.4, -0.2) is 58.1 Å². The number of rotatable bonds is 5. The summed E-state index contributed by atoms with van der Waals surface area (Å²) in [5, 5.41) is 13.0. The Labute approximate surface area is 185 Å². The number of benzene rings is 1. The number of pyridine rings is 1. The number of thioether (sulfide) groups is 1. The van der Waals surface area contributed by atoms with E-state index in [9.17, 15) is 10.1 Å². The minimum atomic E-state index is -0.267. The smallest absolute Gasteiger partial charge is 0.292 e. The molecule has 2 aromatic rings. The molecule has 0 aliphatic carbocycles. The predicted molar refractivity (Wildman–Crippen MR) is 122 cm³/mol. The SMILES string of the molecule is CC[C@@H]1CSC2=N[C@H](c3ccccn3)[C@@H](c3ccc(N4CCOCC4)c([N+](=O)[O-])c3)N21. The second kappa shape index (κ2) is 8.47. The largest absolute Gasteiger partial charge is 0.378 e. The van der Waals surface area contributed by atoms with Crippen LogP contribution in [0.4, 0.5) is 11.4 Å². The van der Waals surface area contributed by atoms with Crippen molar-refractivity contribution >= 4 is 28.3 Å². The van der Waals surface area contributed by atoms with Crippen molar-refractivity contribution < 1.29 is 9.66 Å². The molecule has 2 fully saturated rings. The molecule has 1 aromatic carbocycles. The molecule has 4 heterocycles. The Morgan fingerprint density at radius 2 is 2.10 bits per heavy atom. The average Bonchev–Trinajstić information content (AvgIpc) is 3.39. The van der Waals surface area contributed by atoms with Gasteiger partial charge in [-0.3, -0.25) is 20.1 Å². The summed E-state index contributed by atoms with van der Waals surface area (Å²) in [6.45, 7) is 4.68. The zero-order valence-corrected chi connectivity index (χ0v) is 18.2. The third-order valence-corrected chi connectivity index (χ3v) is 7.34. The summed E-state index contributed by atoms with van der Waals surface area (Å²) in [6, 6.07) is 11.6. The van der Waals surface area contributed by atoms with E-state index < -0.39 is 0 Å². The third-order valence-electron chi connectivity index (χ3n) is 6.22. The van der Waals surface area contributed by atoms with E-state index in [1.54, 1.807) is 24.0 Å². The normalized spacial score (nSPS) is 25.5. The predicted octanol–water partition coefficient (Wildman–Crippen LogP) is 3.81. The standard InChI is InChI=1S/C22H25N5O3S/c1-2-16-14-31-22-24-20(17-5-3-4-8-23-17)21(26(16)22)15-6-7-18(19(13-15)27(28)29)25-9-11-30-12-10-25/h3-8,13,16,20-21H,2,9-12,14H2,1H3/t16-,20-,21-/m1/s1. The van der Waals surface area contributed by atoms with Gasteiger partial charge in [0.25, 0.3) is 5.69 Å². The number of nitro groups is 1. The number of aromatic nitrogens is 1. The number of morpholine rings is 1. The minimum Gasteiger partial charge on any atom is -0.378 e. The number of aliphatic imine (C=N–C) groups is 1. The van der Waals surface area contributed by atoms with Crippen LogP contribution in [0.2, 0.25) is 0 Å². The van der Waals surface area contributed by atoms with Gasteiger partial charge >= 0.3 is 0 Å². The molecule has 0 spiro atoms. The third kappa shape index (κ3) is 3.65. The summed E-state index contributed by atoms with van der Waals surface area (Å²) in [4.78, 5) is 25.7. The lowest BCUT2D eigenvalue weighted by Crippen LogP contribution is -2.37. The van der Waals surface area contributed by atoms with Crippen molar-refractivity contribution in [3.8, 4) is 0 Å². The van der Waals surface area contributed by atoms with Crippen LogP contribution in [0.15, 0.2) is 47.6 Å². The van der Waals surface area contributed by atoms with Crippen molar-refractivity contribution in [1.82, 2.24) is 9.88 Å². The van der Waals surface area contributed by atoms with Crippen LogP contribution in [0.1, 0.15) is 36.7 Å². The Morgan fingerprint density at radius 1 is 1.26 bits per heavy atom. The number of ether oxygens (including phenoxy) is 1. The molecule has 0 amide bonds. The summed E-state index contributed by atoms with van der Waals surface area (Å²) in [7, 11) is 0. The van der Waals surface area contributed by atoms with Gasteiger partial charge in [-0.15, -0.1) is 0 Å². The van der Waals surface area contributed by atoms with Crippen molar-refractivity contribution in [1.29, 1.82) is 0 Å². The topological polar surface area (TPSA) is 84.1 Å². The quantitative estimate of drug-likeness (QED) is 0.517. The number of fused-ring (bicyclic) bond motifs is 1. The molecule has 0 radical (unpaired) electrons. The van der Waals surface area contributed by atoms with E-state index in [0.29, 0.717) is 38.0 Å². The van der Waals surface area contributed by atoms with Crippen molar-refractivity contribution in [2.45, 2.75) is 31.5 Å². The molecule has 3 atom stereocenters. The van der Waals surface area contributed by atoms with Gasteiger partial charge in [0.05, 0.1) is 29.9 Å². The van der Waals surface area contributed by atoms with Gasteiger partial charge in [0.1, 0.15) is 11.7 Å². The lowest BCUT2D eigenvalue weighted by Gasteiger charge is -2.32. The van der Waals surface area contributed by atoms with Crippen LogP contribution in [0, 0.1) is 10.1 Å². The fourth-order valence-corrected chi connectivity index (χ4v) is 5.99. The van der Waals surface area contributed by atoms with Crippen molar-refractivity contribution in [3.05, 3.63) is 64.0 Å². The van der Waals surface area contributed by atoms with Crippen LogP contribution < -0.4 is 4.90 Å². The first-order valence-corrected chi connectivity index (χ1v) is 11.7. The molecular weight excluding hydrogens is 414 g/mol. The Morgan fingerprint density at radius 3 is 2.81 bits per heavy atom. The zero-order valence-electron chi connectivity index (χ0n) is 17.4. The fraction of sp³-hybridized carbons (Fsp3) is 0.455. The number of hydrogen-bond acceptors (Lipinski definition) is 8. The molecule has 31 heavy (non-hydrogen) atoms. The maximum absolute atomic E-state index is 12.0. The van der Waals surface area contributed by atoms with Gasteiger partial charge in [-0.25, -0.2) is 0 Å². The first-order chi connectivity index (χ1) is 15.2. The fourth-order valence-electron chi connectivity index (χ4n) is 4.65. The lowest BCUT2D eigenvalue weighted by atomic mass is 9.94. The zero-order chi connectivity index (χ0) is 21.4. The highest BCUT2D eigenvalue weighted by atomic mass is 32.2. The molecule has 0 bridgehead atoms. The highest BCUT2D eigenvalue weighted by molar-refractivity contribution is 8.14. The van der Waals surface area contributed by atoms with E-state index in [4.69, 9.17) is 9.73 Å². The lowest BCUT2D eigenvalue weighted by molar-refractivity contribution is -0.384. The Bertz CT molecular complexity index is 996. The number of hydrogen-bond donors (Lipinski definition) is 0. The summed E-state index contributed by atoms with van der Waals surface area (Å²) in [5.74, 6) is 0.995. The average molecular weight is 440 g/mol. The van der Waals surface area contributed by atoms with E-state index >= 15 is 0 Å². The van der Waals surface area contributed by atoms with Crippen LogP contribution >= 0.6 is 11.8 Å². The maximum atomic E-state index is 12.0. The van der Waals surface area contributed by atoms with E-state index in [0.717, 1.165) is 28.6 Å². The highest BCUT2D eigenvalue weighted by Gasteiger charge is 2.46. The molecule has 3 aliphatic rings. The van der Waals surface area contributed by atoms with E-state index in [1.807, 2.05) is 35.2 Å². The number of nitrogens with zero attached hydrogens (tertiary/aromatic N) is 5.